The van der Waals surface area contributed by atoms with Crippen molar-refractivity contribution in [3.8, 4) is 0 Å². The number of ether oxygens (including phenoxy) is 1. The lowest BCUT2D eigenvalue weighted by atomic mass is 10.2. The quantitative estimate of drug-likeness (QED) is 0.869. The fourth-order valence-electron chi connectivity index (χ4n) is 2.82. The van der Waals surface area contributed by atoms with Crippen LogP contribution < -0.4 is 10.2 Å². The summed E-state index contributed by atoms with van der Waals surface area (Å²) >= 11 is 0. The number of nitrogens with zero attached hydrogens (tertiary/aromatic N) is 3. The van der Waals surface area contributed by atoms with Crippen molar-refractivity contribution < 1.29 is 23.1 Å². The number of aromatic nitrogens is 1. The molecule has 0 unspecified atom stereocenters. The van der Waals surface area contributed by atoms with Crippen molar-refractivity contribution in [3.05, 3.63) is 53.7 Å². The van der Waals surface area contributed by atoms with E-state index in [4.69, 9.17) is 4.74 Å². The summed E-state index contributed by atoms with van der Waals surface area (Å²) in [5, 5.41) is 2.59. The first-order chi connectivity index (χ1) is 13.5. The van der Waals surface area contributed by atoms with Gasteiger partial charge in [0.25, 0.3) is 5.91 Å². The smallest absolute Gasteiger partial charge is 0.409 e. The number of rotatable bonds is 4. The Morgan fingerprint density at radius 1 is 1.11 bits per heavy atom. The van der Waals surface area contributed by atoms with E-state index in [0.29, 0.717) is 44.3 Å². The number of halogens is 2. The summed E-state index contributed by atoms with van der Waals surface area (Å²) in [4.78, 5) is 31.9. The summed E-state index contributed by atoms with van der Waals surface area (Å²) in [6, 6.07) is 6.38. The Hall–Kier alpha value is -3.23. The molecule has 1 saturated heterocycles. The number of carbonyl (C=O) groups is 2. The monoisotopic (exact) mass is 390 g/mol. The Morgan fingerprint density at radius 3 is 2.46 bits per heavy atom. The van der Waals surface area contributed by atoms with Crippen LogP contribution >= 0.6 is 0 Å². The highest BCUT2D eigenvalue weighted by atomic mass is 19.2. The summed E-state index contributed by atoms with van der Waals surface area (Å²) in [5.74, 6) is -1.93. The number of carbonyl (C=O) groups excluding carboxylic acids is 2. The standard InChI is InChI=1S/C19H20F2N4O3/c1-2-28-19(27)25-9-7-24(8-10-25)17-6-4-14(12-22-17)23-18(26)13-3-5-15(20)16(21)11-13/h3-6,11-12H,2,7-10H2,1H3,(H,23,26). The lowest BCUT2D eigenvalue weighted by Gasteiger charge is -2.34. The van der Waals surface area contributed by atoms with Crippen LogP contribution in [0.1, 0.15) is 17.3 Å². The zero-order valence-corrected chi connectivity index (χ0v) is 15.3. The van der Waals surface area contributed by atoms with E-state index in [1.54, 1.807) is 24.0 Å². The summed E-state index contributed by atoms with van der Waals surface area (Å²) in [6.45, 7) is 4.42. The van der Waals surface area contributed by atoms with Gasteiger partial charge in [-0.1, -0.05) is 0 Å². The average molecular weight is 390 g/mol. The van der Waals surface area contributed by atoms with Crippen molar-refractivity contribution in [2.24, 2.45) is 0 Å². The molecule has 0 bridgehead atoms. The predicted octanol–water partition coefficient (Wildman–Crippen LogP) is 2.89. The minimum Gasteiger partial charge on any atom is -0.450 e. The Balaban J connectivity index is 1.57. The molecule has 1 N–H and O–H groups in total. The van der Waals surface area contributed by atoms with Crippen LogP contribution in [0.2, 0.25) is 0 Å². The van der Waals surface area contributed by atoms with Gasteiger partial charge in [0.15, 0.2) is 11.6 Å². The van der Waals surface area contributed by atoms with Gasteiger partial charge in [0, 0.05) is 31.7 Å². The first kappa shape index (κ1) is 19.5. The number of amides is 2. The molecule has 1 aromatic carbocycles. The van der Waals surface area contributed by atoms with Crippen molar-refractivity contribution in [3.63, 3.8) is 0 Å². The van der Waals surface area contributed by atoms with Crippen LogP contribution in [0.15, 0.2) is 36.5 Å². The highest BCUT2D eigenvalue weighted by Crippen LogP contribution is 2.18. The molecule has 0 saturated carbocycles. The molecule has 0 radical (unpaired) electrons. The van der Waals surface area contributed by atoms with Gasteiger partial charge in [-0.3, -0.25) is 4.79 Å². The van der Waals surface area contributed by atoms with Crippen LogP contribution in [0.5, 0.6) is 0 Å². The number of piperazine rings is 1. The molecule has 0 spiro atoms. The maximum Gasteiger partial charge on any atom is 0.409 e. The number of pyridine rings is 1. The van der Waals surface area contributed by atoms with Gasteiger partial charge in [-0.05, 0) is 37.3 Å². The van der Waals surface area contributed by atoms with Crippen LogP contribution in [-0.2, 0) is 4.74 Å². The largest absolute Gasteiger partial charge is 0.450 e. The molecule has 1 aliphatic heterocycles. The maximum absolute atomic E-state index is 13.3. The van der Waals surface area contributed by atoms with E-state index in [2.05, 4.69) is 10.3 Å². The molecule has 2 aromatic rings. The van der Waals surface area contributed by atoms with Crippen molar-refractivity contribution in [1.29, 1.82) is 0 Å². The van der Waals surface area contributed by atoms with E-state index in [1.807, 2.05) is 4.90 Å². The van der Waals surface area contributed by atoms with Gasteiger partial charge >= 0.3 is 6.09 Å². The lowest BCUT2D eigenvalue weighted by molar-refractivity contribution is 0.102. The molecule has 1 aliphatic rings. The van der Waals surface area contributed by atoms with Crippen molar-refractivity contribution in [2.75, 3.05) is 43.0 Å². The molecular weight excluding hydrogens is 370 g/mol. The molecule has 0 atom stereocenters. The predicted molar refractivity (Wildman–Crippen MR) is 99.4 cm³/mol. The maximum atomic E-state index is 13.3. The third-order valence-corrected chi connectivity index (χ3v) is 4.32. The van der Waals surface area contributed by atoms with E-state index in [9.17, 15) is 18.4 Å². The van der Waals surface area contributed by atoms with Crippen molar-refractivity contribution in [1.82, 2.24) is 9.88 Å². The van der Waals surface area contributed by atoms with Gasteiger partial charge in [-0.25, -0.2) is 18.6 Å². The first-order valence-electron chi connectivity index (χ1n) is 8.87. The Bertz CT molecular complexity index is 853. The minimum atomic E-state index is -1.08. The van der Waals surface area contributed by atoms with Gasteiger partial charge in [0.1, 0.15) is 5.82 Å². The van der Waals surface area contributed by atoms with E-state index in [-0.39, 0.29) is 11.7 Å². The summed E-state index contributed by atoms with van der Waals surface area (Å²) in [5.41, 5.74) is 0.446. The number of nitrogens with one attached hydrogen (secondary N) is 1. The van der Waals surface area contributed by atoms with Crippen LogP contribution in [-0.4, -0.2) is 54.7 Å². The molecule has 1 fully saturated rings. The van der Waals surface area contributed by atoms with Gasteiger partial charge in [-0.2, -0.15) is 0 Å². The Kier molecular flexibility index (Phi) is 6.03. The molecule has 2 heterocycles. The molecule has 2 amide bonds. The minimum absolute atomic E-state index is 0.0121. The molecule has 9 heteroatoms. The zero-order chi connectivity index (χ0) is 20.1. The van der Waals surface area contributed by atoms with Crippen molar-refractivity contribution >= 4 is 23.5 Å². The fraction of sp³-hybridized carbons (Fsp3) is 0.316. The third kappa shape index (κ3) is 4.54. The fourth-order valence-corrected chi connectivity index (χ4v) is 2.82. The van der Waals surface area contributed by atoms with E-state index < -0.39 is 17.5 Å². The van der Waals surface area contributed by atoms with Crippen LogP contribution in [0, 0.1) is 11.6 Å². The van der Waals surface area contributed by atoms with Gasteiger partial charge in [-0.15, -0.1) is 0 Å². The molecular formula is C19H20F2N4O3. The van der Waals surface area contributed by atoms with Gasteiger partial charge in [0.2, 0.25) is 0 Å². The zero-order valence-electron chi connectivity index (χ0n) is 15.3. The lowest BCUT2D eigenvalue weighted by Crippen LogP contribution is -2.49. The number of anilines is 2. The Labute approximate surface area is 160 Å². The topological polar surface area (TPSA) is 74.8 Å². The Morgan fingerprint density at radius 2 is 1.86 bits per heavy atom. The molecule has 0 aliphatic carbocycles. The van der Waals surface area contributed by atoms with Crippen LogP contribution in [0.4, 0.5) is 25.1 Å². The molecule has 28 heavy (non-hydrogen) atoms. The third-order valence-electron chi connectivity index (χ3n) is 4.32. The first-order valence-corrected chi connectivity index (χ1v) is 8.87. The highest BCUT2D eigenvalue weighted by Gasteiger charge is 2.22. The molecule has 3 rings (SSSR count). The van der Waals surface area contributed by atoms with Crippen LogP contribution in [0.3, 0.4) is 0 Å². The second-order valence-electron chi connectivity index (χ2n) is 6.16. The SMILES string of the molecule is CCOC(=O)N1CCN(c2ccc(NC(=O)c3ccc(F)c(F)c3)cn2)CC1. The average Bonchev–Trinajstić information content (AvgIpc) is 2.71. The van der Waals surface area contributed by atoms with Gasteiger partial charge in [0.05, 0.1) is 18.5 Å². The highest BCUT2D eigenvalue weighted by molar-refractivity contribution is 6.04. The van der Waals surface area contributed by atoms with E-state index >= 15 is 0 Å². The van der Waals surface area contributed by atoms with E-state index in [1.165, 1.54) is 12.3 Å². The second kappa shape index (κ2) is 8.64. The van der Waals surface area contributed by atoms with Crippen LogP contribution in [0.25, 0.3) is 0 Å². The number of benzene rings is 1. The molecule has 7 nitrogen and oxygen atoms in total. The molecule has 1 aromatic heterocycles. The normalized spacial score (nSPS) is 14.0. The van der Waals surface area contributed by atoms with Gasteiger partial charge < -0.3 is 19.9 Å². The molecule has 148 valence electrons. The summed E-state index contributed by atoms with van der Waals surface area (Å²) in [6.07, 6.45) is 1.18. The van der Waals surface area contributed by atoms with Crippen molar-refractivity contribution in [2.45, 2.75) is 6.92 Å². The second-order valence-corrected chi connectivity index (χ2v) is 6.16. The summed E-state index contributed by atoms with van der Waals surface area (Å²) < 4.78 is 31.2. The van der Waals surface area contributed by atoms with E-state index in [0.717, 1.165) is 12.1 Å². The number of hydrogen-bond acceptors (Lipinski definition) is 5. The summed E-state index contributed by atoms with van der Waals surface area (Å²) in [7, 11) is 0. The number of hydrogen-bond donors (Lipinski definition) is 1.